The lowest BCUT2D eigenvalue weighted by molar-refractivity contribution is 0.0693. The number of carboxylic acids is 1. The van der Waals surface area contributed by atoms with E-state index in [1.807, 2.05) is 0 Å². The van der Waals surface area contributed by atoms with Crippen LogP contribution in [0.3, 0.4) is 0 Å². The maximum Gasteiger partial charge on any atom is 0.339 e. The van der Waals surface area contributed by atoms with E-state index in [0.717, 1.165) is 0 Å². The molecule has 0 aliphatic heterocycles. The van der Waals surface area contributed by atoms with Crippen molar-refractivity contribution in [2.45, 2.75) is 4.90 Å². The van der Waals surface area contributed by atoms with Gasteiger partial charge in [-0.05, 0) is 54.6 Å². The maximum absolute atomic E-state index is 12.3. The van der Waals surface area contributed by atoms with Gasteiger partial charge in [-0.2, -0.15) is 10.2 Å². The highest BCUT2D eigenvalue weighted by Crippen LogP contribution is 2.25. The van der Waals surface area contributed by atoms with Gasteiger partial charge in [0.25, 0.3) is 10.0 Å². The second-order valence-electron chi connectivity index (χ2n) is 5.52. The monoisotopic (exact) mass is 404 g/mol. The van der Waals surface area contributed by atoms with Crippen LogP contribution in [-0.4, -0.2) is 29.6 Å². The summed E-state index contributed by atoms with van der Waals surface area (Å²) in [5.41, 5.74) is 0.295. The number of aromatic hydroxyl groups is 1. The number of hydrogen-bond donors (Lipinski definition) is 3. The van der Waals surface area contributed by atoms with Gasteiger partial charge in [0.05, 0.1) is 16.3 Å². The molecule has 0 atom stereocenters. The van der Waals surface area contributed by atoms with Gasteiger partial charge in [-0.15, -0.1) is 0 Å². The number of sulfonamides is 1. The molecule has 0 aliphatic rings. The Morgan fingerprint density at radius 1 is 0.964 bits per heavy atom. The minimum Gasteiger partial charge on any atom is -0.507 e. The molecule has 142 valence electrons. The standard InChI is InChI=1S/C18H14N4O5S/c23-16-9-6-13(11-15(16)18(24)25)21-20-12-4-7-14(8-5-12)28(26,27)22-17-3-1-2-10-19-17/h1-11,23H,(H,19,22)(H,24,25)/i6+1,9+1,11+1,13+1,15+1,16+1. The first-order valence-electron chi connectivity index (χ1n) is 7.87. The molecule has 2 aromatic carbocycles. The molecule has 9 nitrogen and oxygen atoms in total. The van der Waals surface area contributed by atoms with Gasteiger partial charge < -0.3 is 10.2 Å². The number of nitrogens with zero attached hydrogens (tertiary/aromatic N) is 3. The molecule has 28 heavy (non-hydrogen) atoms. The summed E-state index contributed by atoms with van der Waals surface area (Å²) in [6.45, 7) is 0. The lowest BCUT2D eigenvalue weighted by atomic mass is 10.3. The number of aromatic carboxylic acids is 1. The van der Waals surface area contributed by atoms with Crippen molar-refractivity contribution in [2.75, 3.05) is 4.72 Å². The number of pyridine rings is 1. The van der Waals surface area contributed by atoms with Gasteiger partial charge >= 0.3 is 5.97 Å². The summed E-state index contributed by atoms with van der Waals surface area (Å²) in [6.07, 6.45) is 1.47. The fraction of sp³-hybridized carbons (Fsp3) is 0. The van der Waals surface area contributed by atoms with Crippen molar-refractivity contribution < 1.29 is 23.4 Å². The van der Waals surface area contributed by atoms with Crippen LogP contribution in [0.1, 0.15) is 10.4 Å². The topological polar surface area (TPSA) is 141 Å². The number of benzene rings is 2. The summed E-state index contributed by atoms with van der Waals surface area (Å²) >= 11 is 0. The molecular weight excluding hydrogens is 390 g/mol. The fourth-order valence-corrected chi connectivity index (χ4v) is 3.19. The number of rotatable bonds is 6. The molecule has 1 heterocycles. The molecule has 0 radical (unpaired) electrons. The van der Waals surface area contributed by atoms with E-state index in [0.29, 0.717) is 5.69 Å². The zero-order valence-corrected chi connectivity index (χ0v) is 15.0. The smallest absolute Gasteiger partial charge is 0.339 e. The first-order valence-corrected chi connectivity index (χ1v) is 9.35. The third kappa shape index (κ3) is 4.48. The lowest BCUT2D eigenvalue weighted by Gasteiger charge is -2.07. The van der Waals surface area contributed by atoms with Crippen molar-refractivity contribution in [3.8, 4) is 5.75 Å². The minimum absolute atomic E-state index is 0.0231. The third-order valence-electron chi connectivity index (χ3n) is 3.54. The summed E-state index contributed by atoms with van der Waals surface area (Å²) in [6, 6.07) is 14.3. The fourth-order valence-electron chi connectivity index (χ4n) is 2.18. The number of hydrogen-bond acceptors (Lipinski definition) is 7. The molecule has 1 aromatic heterocycles. The van der Waals surface area contributed by atoms with Gasteiger partial charge in [-0.1, -0.05) is 6.07 Å². The van der Waals surface area contributed by atoms with Gasteiger partial charge in [0, 0.05) is 6.20 Å². The van der Waals surface area contributed by atoms with Crippen LogP contribution in [0.5, 0.6) is 5.75 Å². The molecule has 3 aromatic rings. The van der Waals surface area contributed by atoms with Gasteiger partial charge in [0.15, 0.2) is 0 Å². The predicted octanol–water partition coefficient (Wildman–Crippen LogP) is 3.70. The molecule has 0 amide bonds. The van der Waals surface area contributed by atoms with Crippen molar-refractivity contribution in [3.63, 3.8) is 0 Å². The number of azo groups is 1. The first kappa shape index (κ1) is 19.0. The van der Waals surface area contributed by atoms with Gasteiger partial charge in [0.1, 0.15) is 17.1 Å². The van der Waals surface area contributed by atoms with Crippen LogP contribution in [0, 0.1) is 0 Å². The largest absolute Gasteiger partial charge is 0.507 e. The van der Waals surface area contributed by atoms with Crippen molar-refractivity contribution in [1.29, 1.82) is 0 Å². The maximum atomic E-state index is 12.3. The zero-order valence-electron chi connectivity index (χ0n) is 14.2. The van der Waals surface area contributed by atoms with E-state index in [1.54, 1.807) is 12.1 Å². The van der Waals surface area contributed by atoms with Gasteiger partial charge in [-0.3, -0.25) is 4.72 Å². The van der Waals surface area contributed by atoms with E-state index in [-0.39, 0.29) is 27.7 Å². The average Bonchev–Trinajstić information content (AvgIpc) is 2.68. The molecule has 0 saturated carbocycles. The van der Waals surface area contributed by atoms with Gasteiger partial charge in [-0.25, -0.2) is 18.2 Å². The van der Waals surface area contributed by atoms with E-state index >= 15 is 0 Å². The second-order valence-corrected chi connectivity index (χ2v) is 7.20. The summed E-state index contributed by atoms with van der Waals surface area (Å²) in [5, 5.41) is 26.3. The van der Waals surface area contributed by atoms with Crippen LogP contribution in [0.4, 0.5) is 17.2 Å². The van der Waals surface area contributed by atoms with Crippen LogP contribution in [0.2, 0.25) is 0 Å². The molecular formula is C18H14N4O5S. The van der Waals surface area contributed by atoms with E-state index in [2.05, 4.69) is 19.9 Å². The van der Waals surface area contributed by atoms with E-state index in [9.17, 15) is 18.3 Å². The molecule has 0 unspecified atom stereocenters. The Bertz CT molecular complexity index is 1130. The predicted molar refractivity (Wildman–Crippen MR) is 101 cm³/mol. The number of nitrogens with one attached hydrogen (secondary N) is 1. The summed E-state index contributed by atoms with van der Waals surface area (Å²) < 4.78 is 27.0. The van der Waals surface area contributed by atoms with Gasteiger partial charge in [0.2, 0.25) is 0 Å². The SMILES string of the molecule is O=C(O)[13c]1[13cH][13c](N=Nc2ccc(S(=O)(=O)Nc3ccccn3)cc2)[13cH][13cH][13c]1O. The molecule has 3 N–H and O–H groups in total. The van der Waals surface area contributed by atoms with Crippen LogP contribution in [0.25, 0.3) is 0 Å². The molecule has 0 bridgehead atoms. The Kier molecular flexibility index (Phi) is 5.32. The van der Waals surface area contributed by atoms with Crippen LogP contribution in [0.15, 0.2) is 82.0 Å². The molecule has 3 rings (SSSR count). The molecule has 10 heteroatoms. The van der Waals surface area contributed by atoms with Crippen LogP contribution in [-0.2, 0) is 10.0 Å². The summed E-state index contributed by atoms with van der Waals surface area (Å²) in [7, 11) is -3.79. The highest BCUT2D eigenvalue weighted by molar-refractivity contribution is 7.92. The van der Waals surface area contributed by atoms with Crippen molar-refractivity contribution in [2.24, 2.45) is 10.2 Å². The van der Waals surface area contributed by atoms with Crippen LogP contribution >= 0.6 is 0 Å². The average molecular weight is 404 g/mol. The summed E-state index contributed by atoms with van der Waals surface area (Å²) in [5.74, 6) is -1.46. The highest BCUT2D eigenvalue weighted by atomic mass is 32.2. The number of carbonyl (C=O) groups is 1. The highest BCUT2D eigenvalue weighted by Gasteiger charge is 2.14. The molecule has 0 aliphatic carbocycles. The van der Waals surface area contributed by atoms with Crippen LogP contribution < -0.4 is 4.72 Å². The summed E-state index contributed by atoms with van der Waals surface area (Å²) in [4.78, 5) is 14.9. The Balaban J connectivity index is 1.77. The Labute approximate surface area is 160 Å². The normalized spacial score (nSPS) is 11.4. The molecule has 0 fully saturated rings. The van der Waals surface area contributed by atoms with Crippen molar-refractivity contribution >= 4 is 33.2 Å². The number of anilines is 1. The zero-order chi connectivity index (χ0) is 20.1. The first-order chi connectivity index (χ1) is 13.3. The Hall–Kier alpha value is -3.79. The lowest BCUT2D eigenvalue weighted by Crippen LogP contribution is -2.13. The number of carboxylic acid groups (broad SMARTS) is 1. The minimum atomic E-state index is -3.79. The molecule has 0 saturated heterocycles. The quantitative estimate of drug-likeness (QED) is 0.535. The van der Waals surface area contributed by atoms with E-state index in [4.69, 9.17) is 5.11 Å². The molecule has 0 spiro atoms. The Morgan fingerprint density at radius 2 is 1.64 bits per heavy atom. The van der Waals surface area contributed by atoms with E-state index < -0.39 is 16.0 Å². The van der Waals surface area contributed by atoms with Crippen molar-refractivity contribution in [1.82, 2.24) is 4.98 Å². The number of aromatic nitrogens is 1. The van der Waals surface area contributed by atoms with Crippen molar-refractivity contribution in [3.05, 3.63) is 72.4 Å². The number of phenols is 1. The third-order valence-corrected chi connectivity index (χ3v) is 4.91. The van der Waals surface area contributed by atoms with E-state index in [1.165, 1.54) is 54.7 Å². The Morgan fingerprint density at radius 3 is 2.29 bits per heavy atom. The second kappa shape index (κ2) is 7.84.